The fourth-order valence-electron chi connectivity index (χ4n) is 5.61. The molecule has 3 heterocycles. The number of sulfone groups is 1. The van der Waals surface area contributed by atoms with Crippen LogP contribution in [0.4, 0.5) is 0 Å². The van der Waals surface area contributed by atoms with E-state index in [2.05, 4.69) is 16.2 Å². The fraction of sp³-hybridized carbons (Fsp3) is 0.241. The Kier molecular flexibility index (Phi) is 6.41. The summed E-state index contributed by atoms with van der Waals surface area (Å²) in [6.45, 7) is 0. The van der Waals surface area contributed by atoms with Crippen LogP contribution in [0.2, 0.25) is 0 Å². The molecule has 5 aromatic rings. The standard InChI is InChI=1S/C29H27N3O4S2/c30-29(33)24-14-20(18-5-2-1-3-6-18)13-23-25(16-31-28(23)24)19-7-4-8-21(10-9-19)38(34,35)22-15-27(37-17-22)26-11-12-36-32-26/h1-3,5-6,11-17,19,21,31H,4,7-10H2,(H2,30,33). The van der Waals surface area contributed by atoms with Crippen LogP contribution in [0, 0.1) is 0 Å². The first-order chi connectivity index (χ1) is 18.4. The van der Waals surface area contributed by atoms with Crippen molar-refractivity contribution >= 4 is 38.0 Å². The Morgan fingerprint density at radius 2 is 1.87 bits per heavy atom. The number of thiophene rings is 1. The van der Waals surface area contributed by atoms with Gasteiger partial charge in [0.05, 0.1) is 26.1 Å². The van der Waals surface area contributed by atoms with Crippen molar-refractivity contribution in [2.24, 2.45) is 5.73 Å². The van der Waals surface area contributed by atoms with E-state index in [1.54, 1.807) is 17.5 Å². The second kappa shape index (κ2) is 9.89. The number of nitrogens with zero attached hydrogens (tertiary/aromatic N) is 1. The van der Waals surface area contributed by atoms with Crippen molar-refractivity contribution in [2.75, 3.05) is 0 Å². The molecule has 0 aliphatic heterocycles. The predicted molar refractivity (Wildman–Crippen MR) is 149 cm³/mol. The predicted octanol–water partition coefficient (Wildman–Crippen LogP) is 6.54. The average Bonchev–Trinajstić information content (AvgIpc) is 3.67. The van der Waals surface area contributed by atoms with Crippen LogP contribution in [0.5, 0.6) is 0 Å². The number of primary amides is 1. The molecule has 0 radical (unpaired) electrons. The molecular weight excluding hydrogens is 518 g/mol. The lowest BCUT2D eigenvalue weighted by Crippen LogP contribution is -2.20. The fourth-order valence-corrected chi connectivity index (χ4v) is 8.68. The van der Waals surface area contributed by atoms with E-state index in [0.29, 0.717) is 29.0 Å². The van der Waals surface area contributed by atoms with Crippen LogP contribution in [-0.4, -0.2) is 29.7 Å². The van der Waals surface area contributed by atoms with E-state index in [1.807, 2.05) is 42.6 Å². The highest BCUT2D eigenvalue weighted by atomic mass is 32.2. The quantitative estimate of drug-likeness (QED) is 0.235. The number of hydrogen-bond acceptors (Lipinski definition) is 6. The highest BCUT2D eigenvalue weighted by Crippen LogP contribution is 2.41. The van der Waals surface area contributed by atoms with E-state index < -0.39 is 21.0 Å². The first-order valence-corrected chi connectivity index (χ1v) is 15.1. The molecular formula is C29H27N3O4S2. The lowest BCUT2D eigenvalue weighted by atomic mass is 9.89. The summed E-state index contributed by atoms with van der Waals surface area (Å²) in [6, 6.07) is 17.3. The van der Waals surface area contributed by atoms with E-state index in [0.717, 1.165) is 51.7 Å². The zero-order valence-electron chi connectivity index (χ0n) is 20.6. The minimum absolute atomic E-state index is 0.184. The van der Waals surface area contributed by atoms with E-state index in [-0.39, 0.29) is 5.92 Å². The highest BCUT2D eigenvalue weighted by Gasteiger charge is 2.32. The molecule has 7 nitrogen and oxygen atoms in total. The SMILES string of the molecule is NC(=O)c1cc(-c2ccccc2)cc2c(C3CCCC(S(=O)(=O)c4csc(-c5ccon5)c4)CC3)c[nH]c12. The van der Waals surface area contributed by atoms with Gasteiger partial charge in [-0.25, -0.2) is 8.42 Å². The average molecular weight is 546 g/mol. The van der Waals surface area contributed by atoms with Gasteiger partial charge in [-0.3, -0.25) is 4.79 Å². The number of hydrogen-bond donors (Lipinski definition) is 2. The van der Waals surface area contributed by atoms with Crippen molar-refractivity contribution in [2.45, 2.75) is 48.2 Å². The van der Waals surface area contributed by atoms with Gasteiger partial charge in [0.1, 0.15) is 12.0 Å². The molecule has 0 saturated heterocycles. The number of amides is 1. The number of carbonyl (C=O) groups excluding carboxylic acids is 1. The van der Waals surface area contributed by atoms with Crippen molar-refractivity contribution in [1.29, 1.82) is 0 Å². The Hall–Kier alpha value is -3.69. The normalized spacial score (nSPS) is 18.4. The Morgan fingerprint density at radius 3 is 2.63 bits per heavy atom. The molecule has 2 unspecified atom stereocenters. The summed E-state index contributed by atoms with van der Waals surface area (Å²) in [5, 5.41) is 6.17. The van der Waals surface area contributed by atoms with Gasteiger partial charge < -0.3 is 15.2 Å². The summed E-state index contributed by atoms with van der Waals surface area (Å²) in [5.41, 5.74) is 10.7. The number of fused-ring (bicyclic) bond motifs is 1. The molecule has 2 aromatic carbocycles. The van der Waals surface area contributed by atoms with Gasteiger partial charge >= 0.3 is 0 Å². The molecule has 6 rings (SSSR count). The van der Waals surface area contributed by atoms with E-state index in [4.69, 9.17) is 10.3 Å². The van der Waals surface area contributed by atoms with Crippen LogP contribution >= 0.6 is 11.3 Å². The molecule has 9 heteroatoms. The minimum Gasteiger partial charge on any atom is -0.366 e. The van der Waals surface area contributed by atoms with Gasteiger partial charge in [-0.05, 0) is 66.5 Å². The number of H-pyrrole nitrogens is 1. The van der Waals surface area contributed by atoms with Gasteiger partial charge in [0.2, 0.25) is 0 Å². The molecule has 1 fully saturated rings. The highest BCUT2D eigenvalue weighted by molar-refractivity contribution is 7.92. The lowest BCUT2D eigenvalue weighted by molar-refractivity contribution is 0.100. The third kappa shape index (κ3) is 4.46. The van der Waals surface area contributed by atoms with Gasteiger partial charge in [0.25, 0.3) is 5.91 Å². The number of benzene rings is 2. The molecule has 3 N–H and O–H groups in total. The van der Waals surface area contributed by atoms with Crippen molar-refractivity contribution in [1.82, 2.24) is 10.1 Å². The zero-order chi connectivity index (χ0) is 26.3. The van der Waals surface area contributed by atoms with Gasteiger partial charge in [-0.2, -0.15) is 0 Å². The molecule has 0 spiro atoms. The maximum Gasteiger partial charge on any atom is 0.250 e. The van der Waals surface area contributed by atoms with Gasteiger partial charge in [-0.15, -0.1) is 11.3 Å². The van der Waals surface area contributed by atoms with Crippen LogP contribution in [0.1, 0.15) is 53.9 Å². The molecule has 1 saturated carbocycles. The van der Waals surface area contributed by atoms with Crippen molar-refractivity contribution < 1.29 is 17.7 Å². The molecule has 1 aliphatic carbocycles. The third-order valence-corrected chi connectivity index (χ3v) is 10.9. The number of aromatic amines is 1. The maximum absolute atomic E-state index is 13.6. The molecule has 194 valence electrons. The summed E-state index contributed by atoms with van der Waals surface area (Å²) in [4.78, 5) is 16.8. The lowest BCUT2D eigenvalue weighted by Gasteiger charge is -2.16. The molecule has 1 amide bonds. The summed E-state index contributed by atoms with van der Waals surface area (Å²) in [6.07, 6.45) is 7.09. The molecule has 0 bridgehead atoms. The maximum atomic E-state index is 13.6. The number of aromatic nitrogens is 2. The van der Waals surface area contributed by atoms with Gasteiger partial charge in [0.15, 0.2) is 9.84 Å². The van der Waals surface area contributed by atoms with E-state index in [1.165, 1.54) is 17.6 Å². The second-order valence-corrected chi connectivity index (χ2v) is 13.0. The Bertz CT molecular complexity index is 1700. The number of nitrogens with one attached hydrogen (secondary N) is 1. The molecule has 3 aromatic heterocycles. The summed E-state index contributed by atoms with van der Waals surface area (Å²) in [5.74, 6) is -0.294. The minimum atomic E-state index is -3.47. The van der Waals surface area contributed by atoms with Crippen LogP contribution < -0.4 is 5.73 Å². The van der Waals surface area contributed by atoms with Crippen LogP contribution in [0.15, 0.2) is 81.9 Å². The molecule has 38 heavy (non-hydrogen) atoms. The summed E-state index contributed by atoms with van der Waals surface area (Å²) in [7, 11) is -3.47. The van der Waals surface area contributed by atoms with E-state index in [9.17, 15) is 13.2 Å². The Labute approximate surface area is 224 Å². The first-order valence-electron chi connectivity index (χ1n) is 12.7. The second-order valence-electron chi connectivity index (χ2n) is 9.82. The van der Waals surface area contributed by atoms with Crippen LogP contribution in [0.25, 0.3) is 32.6 Å². The summed E-state index contributed by atoms with van der Waals surface area (Å²) >= 11 is 1.36. The van der Waals surface area contributed by atoms with E-state index >= 15 is 0 Å². The topological polar surface area (TPSA) is 119 Å². The van der Waals surface area contributed by atoms with Crippen LogP contribution in [-0.2, 0) is 9.84 Å². The molecule has 1 aliphatic rings. The van der Waals surface area contributed by atoms with Gasteiger partial charge in [0, 0.05) is 23.0 Å². The van der Waals surface area contributed by atoms with Crippen molar-refractivity contribution in [3.63, 3.8) is 0 Å². The number of nitrogens with two attached hydrogens (primary N) is 1. The Morgan fingerprint density at radius 1 is 1.03 bits per heavy atom. The number of rotatable bonds is 6. The number of carbonyl (C=O) groups is 1. The first kappa shape index (κ1) is 24.6. The smallest absolute Gasteiger partial charge is 0.250 e. The van der Waals surface area contributed by atoms with Gasteiger partial charge in [-0.1, -0.05) is 41.9 Å². The van der Waals surface area contributed by atoms with Crippen LogP contribution in [0.3, 0.4) is 0 Å². The Balaban J connectivity index is 1.29. The monoisotopic (exact) mass is 545 g/mol. The largest absolute Gasteiger partial charge is 0.366 e. The van der Waals surface area contributed by atoms with Crippen molar-refractivity contribution in [3.8, 4) is 21.7 Å². The van der Waals surface area contributed by atoms with Crippen molar-refractivity contribution in [3.05, 3.63) is 83.6 Å². The zero-order valence-corrected chi connectivity index (χ0v) is 22.2. The third-order valence-electron chi connectivity index (χ3n) is 7.58. The summed E-state index contributed by atoms with van der Waals surface area (Å²) < 4.78 is 32.0. The molecule has 2 atom stereocenters.